The zero-order valence-electron chi connectivity index (χ0n) is 9.74. The predicted octanol–water partition coefficient (Wildman–Crippen LogP) is 2.34. The van der Waals surface area contributed by atoms with Gasteiger partial charge in [-0.3, -0.25) is 0 Å². The molecule has 1 heterocycles. The van der Waals surface area contributed by atoms with E-state index in [4.69, 9.17) is 0 Å². The number of nitrogens with zero attached hydrogens (tertiary/aromatic N) is 3. The van der Waals surface area contributed by atoms with Crippen LogP contribution in [0.4, 0.5) is 0 Å². The van der Waals surface area contributed by atoms with Crippen molar-refractivity contribution in [2.24, 2.45) is 9.98 Å². The largest absolute Gasteiger partial charge is 0.266 e. The van der Waals surface area contributed by atoms with Crippen LogP contribution in [0.1, 0.15) is 27.7 Å². The summed E-state index contributed by atoms with van der Waals surface area (Å²) in [4.78, 5) is 8.71. The number of hydrogen-bond donors (Lipinski definition) is 0. The molecule has 80 valence electrons. The quantitative estimate of drug-likeness (QED) is 0.615. The monoisotopic (exact) mass is 214 g/mol. The topological polar surface area (TPSA) is 24.7 Å². The Labute approximate surface area is 90.9 Å². The van der Waals surface area contributed by atoms with E-state index in [0.29, 0.717) is 0 Å². The van der Waals surface area contributed by atoms with Gasteiger partial charge in [0.05, 0.1) is 12.1 Å². The van der Waals surface area contributed by atoms with Gasteiger partial charge in [0.25, 0.3) is 5.17 Å². The molecule has 0 N–H and O–H groups in total. The summed E-state index contributed by atoms with van der Waals surface area (Å²) >= 11 is 1.74. The van der Waals surface area contributed by atoms with Crippen LogP contribution in [0.15, 0.2) is 9.98 Å². The van der Waals surface area contributed by atoms with Crippen molar-refractivity contribution in [3.05, 3.63) is 0 Å². The van der Waals surface area contributed by atoms with Crippen LogP contribution in [0, 0.1) is 0 Å². The van der Waals surface area contributed by atoms with Gasteiger partial charge < -0.3 is 0 Å². The van der Waals surface area contributed by atoms with E-state index in [9.17, 15) is 0 Å². The summed E-state index contributed by atoms with van der Waals surface area (Å²) in [7, 11) is 0. The van der Waals surface area contributed by atoms with Crippen molar-refractivity contribution >= 4 is 23.3 Å². The molecule has 0 aliphatic carbocycles. The Kier molecular flexibility index (Phi) is 3.37. The van der Waals surface area contributed by atoms with Crippen molar-refractivity contribution in [2.45, 2.75) is 33.2 Å². The summed E-state index contributed by atoms with van der Waals surface area (Å²) in [5.41, 5.74) is 0.161. The van der Waals surface area contributed by atoms with Crippen molar-refractivity contribution < 1.29 is 4.48 Å². The van der Waals surface area contributed by atoms with E-state index in [1.165, 1.54) is 5.17 Å². The molecule has 1 unspecified atom stereocenters. The zero-order valence-corrected chi connectivity index (χ0v) is 10.6. The molecular formula is C10H20N3S+. The minimum Gasteiger partial charge on any atom is -0.246 e. The Balaban J connectivity index is 3.12. The van der Waals surface area contributed by atoms with Crippen LogP contribution in [0.2, 0.25) is 0 Å². The Morgan fingerprint density at radius 1 is 1.50 bits per heavy atom. The Morgan fingerprint density at radius 3 is 2.50 bits per heavy atom. The maximum atomic E-state index is 4.40. The van der Waals surface area contributed by atoms with E-state index >= 15 is 0 Å². The smallest absolute Gasteiger partial charge is 0.246 e. The molecule has 1 aliphatic heterocycles. The summed E-state index contributed by atoms with van der Waals surface area (Å²) in [5.74, 6) is 0. The molecule has 0 bridgehead atoms. The van der Waals surface area contributed by atoms with Gasteiger partial charge in [-0.15, -0.1) is 0 Å². The van der Waals surface area contributed by atoms with E-state index in [1.54, 1.807) is 18.1 Å². The Bertz CT molecular complexity index is 265. The third-order valence-corrected chi connectivity index (χ3v) is 3.77. The van der Waals surface area contributed by atoms with Gasteiger partial charge in [0, 0.05) is 0 Å². The third kappa shape index (κ3) is 1.73. The van der Waals surface area contributed by atoms with E-state index in [0.717, 1.165) is 17.7 Å². The molecule has 0 saturated carbocycles. The fourth-order valence-electron chi connectivity index (χ4n) is 1.87. The summed E-state index contributed by atoms with van der Waals surface area (Å²) in [5, 5.41) is 1.18. The highest BCUT2D eigenvalue weighted by Gasteiger charge is 2.44. The molecule has 0 radical (unpaired) electrons. The molecule has 0 spiro atoms. The highest BCUT2D eigenvalue weighted by Crippen LogP contribution is 2.30. The maximum Gasteiger partial charge on any atom is 0.266 e. The molecular weight excluding hydrogens is 194 g/mol. The second kappa shape index (κ2) is 4.03. The number of aliphatic imine (C=N–C) groups is 2. The first-order valence-electron chi connectivity index (χ1n) is 4.96. The minimum absolute atomic E-state index is 0.161. The van der Waals surface area contributed by atoms with Gasteiger partial charge in [-0.05, 0) is 45.7 Å². The van der Waals surface area contributed by atoms with Crippen LogP contribution in [0.3, 0.4) is 0 Å². The normalized spacial score (nSPS) is 27.6. The Morgan fingerprint density at radius 2 is 2.14 bits per heavy atom. The first-order chi connectivity index (χ1) is 6.48. The van der Waals surface area contributed by atoms with Gasteiger partial charge >= 0.3 is 0 Å². The maximum absolute atomic E-state index is 4.40. The van der Waals surface area contributed by atoms with Crippen molar-refractivity contribution in [1.82, 2.24) is 0 Å². The van der Waals surface area contributed by atoms with Crippen LogP contribution in [0.5, 0.6) is 0 Å². The van der Waals surface area contributed by atoms with Crippen LogP contribution in [-0.4, -0.2) is 41.0 Å². The lowest BCUT2D eigenvalue weighted by Gasteiger charge is -2.46. The lowest BCUT2D eigenvalue weighted by atomic mass is 10.0. The van der Waals surface area contributed by atoms with Gasteiger partial charge in [0.2, 0.25) is 0 Å². The van der Waals surface area contributed by atoms with Crippen LogP contribution < -0.4 is 0 Å². The number of thioether (sulfide) groups is 1. The molecule has 0 fully saturated rings. The van der Waals surface area contributed by atoms with Crippen molar-refractivity contribution in [2.75, 3.05) is 19.5 Å². The second-order valence-corrected chi connectivity index (χ2v) is 5.28. The molecule has 0 saturated heterocycles. The van der Waals surface area contributed by atoms with E-state index in [-0.39, 0.29) is 5.54 Å². The summed E-state index contributed by atoms with van der Waals surface area (Å²) in [6.45, 7) is 10.8. The third-order valence-electron chi connectivity index (χ3n) is 2.95. The molecule has 0 amide bonds. The lowest BCUT2D eigenvalue weighted by molar-refractivity contribution is -0.884. The number of rotatable bonds is 1. The first kappa shape index (κ1) is 11.7. The predicted molar refractivity (Wildman–Crippen MR) is 64.9 cm³/mol. The van der Waals surface area contributed by atoms with Crippen molar-refractivity contribution in [3.63, 3.8) is 0 Å². The average Bonchev–Trinajstić information content (AvgIpc) is 2.15. The molecule has 0 aromatic heterocycles. The second-order valence-electron chi connectivity index (χ2n) is 4.51. The lowest BCUT2D eigenvalue weighted by Crippen LogP contribution is -2.63. The van der Waals surface area contributed by atoms with Crippen molar-refractivity contribution in [3.8, 4) is 0 Å². The van der Waals surface area contributed by atoms with E-state index in [2.05, 4.69) is 43.9 Å². The van der Waals surface area contributed by atoms with Gasteiger partial charge in [-0.2, -0.15) is 4.99 Å². The number of quaternary nitrogens is 1. The summed E-state index contributed by atoms with van der Waals surface area (Å²) in [6.07, 6.45) is 3.77. The minimum atomic E-state index is 0.161. The molecule has 1 rings (SSSR count). The molecule has 3 nitrogen and oxygen atoms in total. The molecule has 1 atom stereocenters. The van der Waals surface area contributed by atoms with Crippen LogP contribution in [-0.2, 0) is 0 Å². The first-order valence-corrected chi connectivity index (χ1v) is 6.18. The Hall–Kier alpha value is -0.350. The van der Waals surface area contributed by atoms with Gasteiger partial charge in [-0.25, -0.2) is 9.48 Å². The van der Waals surface area contributed by atoms with Gasteiger partial charge in [-0.1, -0.05) is 0 Å². The SMILES string of the molecule is CC[N+]1(C(C)(C)C)CN=CN=C1SC. The number of amidine groups is 1. The molecule has 14 heavy (non-hydrogen) atoms. The molecule has 0 aromatic carbocycles. The summed E-state index contributed by atoms with van der Waals surface area (Å²) in [6, 6.07) is 0. The fraction of sp³-hybridized carbons (Fsp3) is 0.800. The molecule has 0 aromatic rings. The van der Waals surface area contributed by atoms with E-state index in [1.807, 2.05) is 0 Å². The molecule has 1 aliphatic rings. The van der Waals surface area contributed by atoms with E-state index < -0.39 is 0 Å². The highest BCUT2D eigenvalue weighted by atomic mass is 32.2. The average molecular weight is 214 g/mol. The number of hydrogen-bond acceptors (Lipinski definition) is 3. The zero-order chi connectivity index (χ0) is 10.8. The van der Waals surface area contributed by atoms with Gasteiger partial charge in [0.15, 0.2) is 6.67 Å². The van der Waals surface area contributed by atoms with Gasteiger partial charge in [0.1, 0.15) is 6.34 Å². The fourth-order valence-corrected chi connectivity index (χ4v) is 2.84. The van der Waals surface area contributed by atoms with Crippen LogP contribution >= 0.6 is 11.8 Å². The van der Waals surface area contributed by atoms with Crippen molar-refractivity contribution in [1.29, 1.82) is 0 Å². The van der Waals surface area contributed by atoms with Crippen LogP contribution in [0.25, 0.3) is 0 Å². The molecule has 4 heteroatoms. The summed E-state index contributed by atoms with van der Waals surface area (Å²) < 4.78 is 0.866. The standard InChI is InChI=1S/C10H20N3S/c1-6-13(10(2,3)4)8-11-7-12-9(13)14-5/h7H,6,8H2,1-5H3/q+1. The highest BCUT2D eigenvalue weighted by molar-refractivity contribution is 8.12.